The molecule has 0 aliphatic heterocycles. The highest BCUT2D eigenvalue weighted by Crippen LogP contribution is 2.13. The quantitative estimate of drug-likeness (QED) is 0.850. The highest BCUT2D eigenvalue weighted by Gasteiger charge is 2.12. The maximum absolute atomic E-state index is 12.6. The monoisotopic (exact) mass is 283 g/mol. The maximum atomic E-state index is 12.6. The van der Waals surface area contributed by atoms with Crippen LogP contribution >= 0.6 is 0 Å². The number of alkyl halides is 2. The molecule has 1 atom stereocenters. The number of nitrogens with one attached hydrogen (secondary N) is 1. The van der Waals surface area contributed by atoms with Crippen LogP contribution in [0.2, 0.25) is 0 Å². The number of aromatic nitrogens is 4. The van der Waals surface area contributed by atoms with Crippen molar-refractivity contribution >= 4 is 0 Å². The van der Waals surface area contributed by atoms with E-state index in [9.17, 15) is 8.78 Å². The van der Waals surface area contributed by atoms with Crippen molar-refractivity contribution in [3.05, 3.63) is 35.9 Å². The summed E-state index contributed by atoms with van der Waals surface area (Å²) in [7, 11) is 0. The van der Waals surface area contributed by atoms with Crippen molar-refractivity contribution in [2.24, 2.45) is 0 Å². The van der Waals surface area contributed by atoms with Crippen LogP contribution in [-0.4, -0.2) is 19.6 Å². The molecule has 2 heterocycles. The molecule has 0 amide bonds. The lowest BCUT2D eigenvalue weighted by molar-refractivity contribution is 0.0531. The Morgan fingerprint density at radius 2 is 1.65 bits per heavy atom. The number of nitrogens with zero attached hydrogens (tertiary/aromatic N) is 4. The van der Waals surface area contributed by atoms with Gasteiger partial charge in [0.1, 0.15) is 0 Å². The smallest absolute Gasteiger partial charge is 0.306 e. The van der Waals surface area contributed by atoms with Crippen molar-refractivity contribution in [2.45, 2.75) is 45.9 Å². The normalized spacial score (nSPS) is 13.1. The lowest BCUT2D eigenvalue weighted by Crippen LogP contribution is -2.20. The van der Waals surface area contributed by atoms with Crippen molar-refractivity contribution in [1.82, 2.24) is 24.9 Å². The van der Waals surface area contributed by atoms with Crippen LogP contribution in [0.25, 0.3) is 0 Å². The van der Waals surface area contributed by atoms with Crippen LogP contribution in [0, 0.1) is 0 Å². The summed E-state index contributed by atoms with van der Waals surface area (Å²) in [6, 6.07) is 3.85. The van der Waals surface area contributed by atoms with Crippen molar-refractivity contribution in [3.63, 3.8) is 0 Å². The topological polar surface area (TPSA) is 47.7 Å². The third kappa shape index (κ3) is 3.22. The molecule has 2 rings (SSSR count). The molecule has 0 aliphatic carbocycles. The van der Waals surface area contributed by atoms with Gasteiger partial charge in [-0.15, -0.1) is 0 Å². The molecule has 0 unspecified atom stereocenters. The summed E-state index contributed by atoms with van der Waals surface area (Å²) in [5, 5.41) is 11.0. The standard InChI is InChI=1S/C13H19F2N5/c1-3-10(2)19-11(4-6-17-19)8-16-9-12-5-7-18-20(12)13(14)15/h4-7,10,13,16H,3,8-9H2,1-2H3/t10-/m1/s1. The molecule has 0 aromatic carbocycles. The van der Waals surface area contributed by atoms with Crippen LogP contribution in [0.3, 0.4) is 0 Å². The summed E-state index contributed by atoms with van der Waals surface area (Å²) in [5.74, 6) is 0. The number of halogens is 2. The van der Waals surface area contributed by atoms with E-state index in [1.165, 1.54) is 6.20 Å². The van der Waals surface area contributed by atoms with Crippen LogP contribution in [0.5, 0.6) is 0 Å². The molecule has 1 N–H and O–H groups in total. The van der Waals surface area contributed by atoms with E-state index in [4.69, 9.17) is 0 Å². The first kappa shape index (κ1) is 14.6. The fourth-order valence-corrected chi connectivity index (χ4v) is 2.03. The minimum atomic E-state index is -2.60. The van der Waals surface area contributed by atoms with Gasteiger partial charge in [-0.2, -0.15) is 19.0 Å². The van der Waals surface area contributed by atoms with Gasteiger partial charge >= 0.3 is 6.55 Å². The largest absolute Gasteiger partial charge is 0.333 e. The zero-order valence-electron chi connectivity index (χ0n) is 11.6. The summed E-state index contributed by atoms with van der Waals surface area (Å²) in [6.45, 7) is 2.52. The number of hydrogen-bond donors (Lipinski definition) is 1. The van der Waals surface area contributed by atoms with Gasteiger partial charge in [0.2, 0.25) is 0 Å². The SMILES string of the molecule is CC[C@@H](C)n1nccc1CNCc1ccnn1C(F)F. The molecule has 5 nitrogen and oxygen atoms in total. The molecular weight excluding hydrogens is 264 g/mol. The van der Waals surface area contributed by atoms with Crippen molar-refractivity contribution < 1.29 is 8.78 Å². The minimum absolute atomic E-state index is 0.327. The van der Waals surface area contributed by atoms with E-state index in [1.54, 1.807) is 12.3 Å². The Kier molecular flexibility index (Phi) is 4.84. The Labute approximate surface area is 116 Å². The predicted octanol–water partition coefficient (Wildman–Crippen LogP) is 2.74. The van der Waals surface area contributed by atoms with Crippen molar-refractivity contribution in [1.29, 1.82) is 0 Å². The first-order valence-corrected chi connectivity index (χ1v) is 6.67. The molecule has 2 aromatic rings. The first-order chi connectivity index (χ1) is 9.63. The van der Waals surface area contributed by atoms with Gasteiger partial charge in [0, 0.05) is 31.5 Å². The fourth-order valence-electron chi connectivity index (χ4n) is 2.03. The Balaban J connectivity index is 1.93. The van der Waals surface area contributed by atoms with E-state index in [-0.39, 0.29) is 0 Å². The van der Waals surface area contributed by atoms with E-state index in [0.29, 0.717) is 24.8 Å². The van der Waals surface area contributed by atoms with Gasteiger partial charge in [-0.05, 0) is 25.5 Å². The van der Waals surface area contributed by atoms with Crippen molar-refractivity contribution in [3.8, 4) is 0 Å². The Bertz CT molecular complexity index is 534. The summed E-state index contributed by atoms with van der Waals surface area (Å²) < 4.78 is 27.9. The molecule has 7 heteroatoms. The molecule has 20 heavy (non-hydrogen) atoms. The fraction of sp³-hybridized carbons (Fsp3) is 0.538. The summed E-state index contributed by atoms with van der Waals surface area (Å²) >= 11 is 0. The van der Waals surface area contributed by atoms with E-state index >= 15 is 0 Å². The highest BCUT2D eigenvalue weighted by atomic mass is 19.3. The molecule has 0 fully saturated rings. The van der Waals surface area contributed by atoms with E-state index in [0.717, 1.165) is 16.8 Å². The molecule has 110 valence electrons. The zero-order valence-corrected chi connectivity index (χ0v) is 11.6. The molecule has 0 aliphatic rings. The third-order valence-electron chi connectivity index (χ3n) is 3.31. The van der Waals surface area contributed by atoms with Gasteiger partial charge in [-0.1, -0.05) is 6.92 Å². The molecule has 0 saturated heterocycles. The maximum Gasteiger partial charge on any atom is 0.333 e. The third-order valence-corrected chi connectivity index (χ3v) is 3.31. The molecular formula is C13H19F2N5. The Morgan fingerprint density at radius 1 is 1.10 bits per heavy atom. The van der Waals surface area contributed by atoms with Gasteiger partial charge in [-0.3, -0.25) is 4.68 Å². The molecule has 0 radical (unpaired) electrons. The second kappa shape index (κ2) is 6.60. The summed E-state index contributed by atoms with van der Waals surface area (Å²) in [4.78, 5) is 0. The van der Waals surface area contributed by atoms with E-state index in [2.05, 4.69) is 29.4 Å². The number of rotatable bonds is 7. The molecule has 0 spiro atoms. The minimum Gasteiger partial charge on any atom is -0.306 e. The number of hydrogen-bond acceptors (Lipinski definition) is 3. The second-order valence-corrected chi connectivity index (χ2v) is 4.67. The van der Waals surface area contributed by atoms with E-state index < -0.39 is 6.55 Å². The lowest BCUT2D eigenvalue weighted by atomic mass is 10.2. The summed E-state index contributed by atoms with van der Waals surface area (Å²) in [5.41, 5.74) is 1.51. The van der Waals surface area contributed by atoms with Crippen LogP contribution in [-0.2, 0) is 13.1 Å². The average Bonchev–Trinajstić information content (AvgIpc) is 3.06. The first-order valence-electron chi connectivity index (χ1n) is 6.67. The van der Waals surface area contributed by atoms with Gasteiger partial charge in [-0.25, -0.2) is 4.68 Å². The van der Waals surface area contributed by atoms with Crippen LogP contribution in [0.15, 0.2) is 24.5 Å². The summed E-state index contributed by atoms with van der Waals surface area (Å²) in [6.07, 6.45) is 4.13. The van der Waals surface area contributed by atoms with Crippen LogP contribution in [0.1, 0.15) is 44.2 Å². The van der Waals surface area contributed by atoms with Gasteiger partial charge in [0.15, 0.2) is 0 Å². The van der Waals surface area contributed by atoms with E-state index in [1.807, 2.05) is 10.7 Å². The lowest BCUT2D eigenvalue weighted by Gasteiger charge is -2.14. The van der Waals surface area contributed by atoms with Gasteiger partial charge < -0.3 is 5.32 Å². The highest BCUT2D eigenvalue weighted by molar-refractivity contribution is 5.04. The van der Waals surface area contributed by atoms with Crippen molar-refractivity contribution in [2.75, 3.05) is 0 Å². The molecule has 0 bridgehead atoms. The molecule has 0 saturated carbocycles. The average molecular weight is 283 g/mol. The zero-order chi connectivity index (χ0) is 14.5. The Morgan fingerprint density at radius 3 is 2.20 bits per heavy atom. The van der Waals surface area contributed by atoms with Gasteiger partial charge in [0.05, 0.1) is 11.4 Å². The molecule has 2 aromatic heterocycles. The van der Waals surface area contributed by atoms with Gasteiger partial charge in [0.25, 0.3) is 0 Å². The van der Waals surface area contributed by atoms with Crippen LogP contribution in [0.4, 0.5) is 8.78 Å². The van der Waals surface area contributed by atoms with Crippen LogP contribution < -0.4 is 5.32 Å². The Hall–Kier alpha value is -1.76. The second-order valence-electron chi connectivity index (χ2n) is 4.67. The predicted molar refractivity (Wildman–Crippen MR) is 71.3 cm³/mol.